The van der Waals surface area contributed by atoms with Crippen LogP contribution >= 0.6 is 11.8 Å². The molecule has 2 N–H and O–H groups in total. The van der Waals surface area contributed by atoms with E-state index in [1.165, 1.54) is 31.9 Å². The van der Waals surface area contributed by atoms with Gasteiger partial charge in [-0.05, 0) is 62.3 Å². The van der Waals surface area contributed by atoms with Crippen molar-refractivity contribution in [3.05, 3.63) is 59.3 Å². The van der Waals surface area contributed by atoms with E-state index in [2.05, 4.69) is 25.4 Å². The fourth-order valence-electron chi connectivity index (χ4n) is 4.19. The summed E-state index contributed by atoms with van der Waals surface area (Å²) < 4.78 is 7.43. The van der Waals surface area contributed by atoms with Crippen LogP contribution in [0.2, 0.25) is 0 Å². The van der Waals surface area contributed by atoms with Crippen molar-refractivity contribution in [2.45, 2.75) is 56.6 Å². The van der Waals surface area contributed by atoms with Crippen molar-refractivity contribution < 1.29 is 14.0 Å². The summed E-state index contributed by atoms with van der Waals surface area (Å²) in [5.41, 5.74) is 1.94. The summed E-state index contributed by atoms with van der Waals surface area (Å²) in [6, 6.07) is 9.01. The molecule has 2 amide bonds. The van der Waals surface area contributed by atoms with Gasteiger partial charge in [0.05, 0.1) is 6.26 Å². The van der Waals surface area contributed by atoms with Crippen molar-refractivity contribution in [3.8, 4) is 0 Å². The van der Waals surface area contributed by atoms with E-state index >= 15 is 0 Å². The Kier molecular flexibility index (Phi) is 7.49. The number of hydrogen-bond donors (Lipinski definition) is 2. The quantitative estimate of drug-likeness (QED) is 0.351. The minimum Gasteiger partial charge on any atom is -0.459 e. The average molecular weight is 468 g/mol. The van der Waals surface area contributed by atoms with Gasteiger partial charge in [0.15, 0.2) is 10.9 Å². The molecule has 2 heterocycles. The van der Waals surface area contributed by atoms with Crippen LogP contribution in [0.1, 0.15) is 70.4 Å². The van der Waals surface area contributed by atoms with E-state index in [0.29, 0.717) is 23.8 Å². The van der Waals surface area contributed by atoms with Gasteiger partial charge in [0.1, 0.15) is 5.82 Å². The molecule has 0 unspecified atom stereocenters. The van der Waals surface area contributed by atoms with Gasteiger partial charge in [-0.2, -0.15) is 0 Å². The molecule has 1 aliphatic rings. The zero-order valence-corrected chi connectivity index (χ0v) is 19.8. The molecule has 1 aromatic carbocycles. The van der Waals surface area contributed by atoms with Crippen LogP contribution in [0.15, 0.2) is 46.2 Å². The molecule has 8 nitrogen and oxygen atoms in total. The zero-order chi connectivity index (χ0) is 23.2. The van der Waals surface area contributed by atoms with Gasteiger partial charge in [-0.15, -0.1) is 10.2 Å². The molecular weight excluding hydrogens is 438 g/mol. The Morgan fingerprint density at radius 3 is 2.73 bits per heavy atom. The predicted molar refractivity (Wildman–Crippen MR) is 128 cm³/mol. The van der Waals surface area contributed by atoms with E-state index in [9.17, 15) is 9.59 Å². The second kappa shape index (κ2) is 10.7. The minimum atomic E-state index is -0.350. The smallest absolute Gasteiger partial charge is 0.291 e. The SMILES string of the molecule is CSc1nnc(CCCNC(=O)c2ccc(C)c(NC(=O)c3ccco3)c2)n1C1CCCC1. The van der Waals surface area contributed by atoms with Crippen LogP contribution in [0.25, 0.3) is 0 Å². The number of aryl methyl sites for hydroxylation is 2. The third kappa shape index (κ3) is 5.47. The Labute approximate surface area is 197 Å². The normalized spacial score (nSPS) is 13.9. The summed E-state index contributed by atoms with van der Waals surface area (Å²) in [6.07, 6.45) is 9.90. The number of rotatable bonds is 9. The highest BCUT2D eigenvalue weighted by atomic mass is 32.2. The molecule has 174 valence electrons. The summed E-state index contributed by atoms with van der Waals surface area (Å²) in [5.74, 6) is 0.695. The minimum absolute atomic E-state index is 0.175. The topological polar surface area (TPSA) is 102 Å². The lowest BCUT2D eigenvalue weighted by atomic mass is 10.1. The number of amides is 2. The molecule has 0 aliphatic heterocycles. The third-order valence-corrected chi connectivity index (χ3v) is 6.61. The van der Waals surface area contributed by atoms with Crippen molar-refractivity contribution in [3.63, 3.8) is 0 Å². The molecule has 4 rings (SSSR count). The molecule has 0 atom stereocenters. The van der Waals surface area contributed by atoms with Gasteiger partial charge < -0.3 is 19.6 Å². The number of carbonyl (C=O) groups is 2. The van der Waals surface area contributed by atoms with Crippen LogP contribution in [0.5, 0.6) is 0 Å². The predicted octanol–water partition coefficient (Wildman–Crippen LogP) is 4.63. The summed E-state index contributed by atoms with van der Waals surface area (Å²) in [6.45, 7) is 2.41. The fraction of sp³-hybridized carbons (Fsp3) is 0.417. The number of carbonyl (C=O) groups excluding carboxylic acids is 2. The maximum Gasteiger partial charge on any atom is 0.291 e. The van der Waals surface area contributed by atoms with Crippen molar-refractivity contribution in [2.24, 2.45) is 0 Å². The Hall–Kier alpha value is -3.07. The number of nitrogens with one attached hydrogen (secondary N) is 2. The van der Waals surface area contributed by atoms with Gasteiger partial charge >= 0.3 is 0 Å². The monoisotopic (exact) mass is 467 g/mol. The number of thioether (sulfide) groups is 1. The van der Waals surface area contributed by atoms with E-state index in [4.69, 9.17) is 4.42 Å². The van der Waals surface area contributed by atoms with E-state index in [1.54, 1.807) is 36.0 Å². The number of hydrogen-bond acceptors (Lipinski definition) is 6. The van der Waals surface area contributed by atoms with E-state index in [0.717, 1.165) is 29.4 Å². The first-order valence-electron chi connectivity index (χ1n) is 11.3. The largest absolute Gasteiger partial charge is 0.459 e. The lowest BCUT2D eigenvalue weighted by Crippen LogP contribution is -2.25. The Bertz CT molecular complexity index is 1100. The first-order chi connectivity index (χ1) is 16.1. The summed E-state index contributed by atoms with van der Waals surface area (Å²) in [5, 5.41) is 15.5. The average Bonchev–Trinajstić information content (AvgIpc) is 3.59. The van der Waals surface area contributed by atoms with Gasteiger partial charge in [-0.1, -0.05) is 30.7 Å². The molecule has 2 aromatic heterocycles. The number of anilines is 1. The van der Waals surface area contributed by atoms with E-state index in [-0.39, 0.29) is 17.6 Å². The summed E-state index contributed by atoms with van der Waals surface area (Å²) >= 11 is 1.63. The first-order valence-corrected chi connectivity index (χ1v) is 12.5. The molecular formula is C24H29N5O3S. The molecule has 0 bridgehead atoms. The number of nitrogens with zero attached hydrogens (tertiary/aromatic N) is 3. The van der Waals surface area contributed by atoms with Crippen LogP contribution < -0.4 is 10.6 Å². The zero-order valence-electron chi connectivity index (χ0n) is 19.0. The molecule has 0 spiro atoms. The highest BCUT2D eigenvalue weighted by Gasteiger charge is 2.23. The Morgan fingerprint density at radius 1 is 1.18 bits per heavy atom. The summed E-state index contributed by atoms with van der Waals surface area (Å²) in [4.78, 5) is 25.0. The van der Waals surface area contributed by atoms with Crippen molar-refractivity contribution in [1.82, 2.24) is 20.1 Å². The van der Waals surface area contributed by atoms with Gasteiger partial charge in [0.25, 0.3) is 11.8 Å². The van der Waals surface area contributed by atoms with E-state index in [1.807, 2.05) is 19.2 Å². The molecule has 0 radical (unpaired) electrons. The second-order valence-corrected chi connectivity index (χ2v) is 9.01. The lowest BCUT2D eigenvalue weighted by molar-refractivity contribution is 0.0951. The highest BCUT2D eigenvalue weighted by molar-refractivity contribution is 7.98. The molecule has 9 heteroatoms. The first kappa shape index (κ1) is 23.1. The molecule has 3 aromatic rings. The molecule has 1 fully saturated rings. The maximum absolute atomic E-state index is 12.7. The van der Waals surface area contributed by atoms with Crippen LogP contribution in [-0.4, -0.2) is 39.4 Å². The number of furan rings is 1. The van der Waals surface area contributed by atoms with Gasteiger partial charge in [0, 0.05) is 30.3 Å². The van der Waals surface area contributed by atoms with Gasteiger partial charge in [0.2, 0.25) is 0 Å². The lowest BCUT2D eigenvalue weighted by Gasteiger charge is -2.16. The second-order valence-electron chi connectivity index (χ2n) is 8.23. The van der Waals surface area contributed by atoms with Crippen LogP contribution in [0.3, 0.4) is 0 Å². The number of benzene rings is 1. The highest BCUT2D eigenvalue weighted by Crippen LogP contribution is 2.33. The van der Waals surface area contributed by atoms with Gasteiger partial charge in [-0.3, -0.25) is 9.59 Å². The van der Waals surface area contributed by atoms with Crippen LogP contribution in [0, 0.1) is 6.92 Å². The van der Waals surface area contributed by atoms with Crippen LogP contribution in [-0.2, 0) is 6.42 Å². The molecule has 1 saturated carbocycles. The van der Waals surface area contributed by atoms with Crippen molar-refractivity contribution in [1.29, 1.82) is 0 Å². The van der Waals surface area contributed by atoms with Gasteiger partial charge in [-0.25, -0.2) is 0 Å². The van der Waals surface area contributed by atoms with Crippen molar-refractivity contribution >= 4 is 29.3 Å². The van der Waals surface area contributed by atoms with Crippen molar-refractivity contribution in [2.75, 3.05) is 18.1 Å². The molecule has 1 aliphatic carbocycles. The Balaban J connectivity index is 1.32. The standard InChI is InChI=1S/C24H29N5O3S/c1-16-11-12-17(15-19(16)26-23(31)20-9-6-14-32-20)22(30)25-13-5-10-21-27-28-24(33-2)29(21)18-7-3-4-8-18/h6,9,11-12,14-15,18H,3-5,7-8,10,13H2,1-2H3,(H,25,30)(H,26,31). The molecule has 0 saturated heterocycles. The fourth-order valence-corrected chi connectivity index (χ4v) is 4.76. The molecule has 33 heavy (non-hydrogen) atoms. The van der Waals surface area contributed by atoms with E-state index < -0.39 is 0 Å². The maximum atomic E-state index is 12.7. The summed E-state index contributed by atoms with van der Waals surface area (Å²) in [7, 11) is 0. The Morgan fingerprint density at radius 2 is 2.00 bits per heavy atom. The third-order valence-electron chi connectivity index (χ3n) is 5.96. The van der Waals surface area contributed by atoms with Crippen LogP contribution in [0.4, 0.5) is 5.69 Å². The number of aromatic nitrogens is 3.